The van der Waals surface area contributed by atoms with Crippen LogP contribution in [0.15, 0.2) is 109 Å². The zero-order valence-electron chi connectivity index (χ0n) is 32.1. The van der Waals surface area contributed by atoms with Gasteiger partial charge >= 0.3 is 0 Å². The summed E-state index contributed by atoms with van der Waals surface area (Å²) in [4.78, 5) is 0. The first-order valence-electron chi connectivity index (χ1n) is 19.4. The molecule has 0 atom stereocenters. The first-order valence-corrected chi connectivity index (χ1v) is 19.4. The fourth-order valence-corrected chi connectivity index (χ4v) is 8.45. The molecule has 270 valence electrons. The van der Waals surface area contributed by atoms with Crippen LogP contribution < -0.4 is 20.9 Å². The summed E-state index contributed by atoms with van der Waals surface area (Å²) in [5, 5.41) is 0. The number of benzene rings is 6. The second-order valence-corrected chi connectivity index (χ2v) is 14.1. The summed E-state index contributed by atoms with van der Waals surface area (Å²) in [5.74, 6) is 3.65. The summed E-state index contributed by atoms with van der Waals surface area (Å²) >= 11 is 0. The van der Waals surface area contributed by atoms with E-state index in [-0.39, 0.29) is 0 Å². The zero-order valence-corrected chi connectivity index (χ0v) is 32.1. The molecule has 0 unspecified atom stereocenters. The molecule has 53 heavy (non-hydrogen) atoms. The van der Waals surface area contributed by atoms with E-state index in [1.807, 2.05) is 36.4 Å². The standard InChI is InChI=1S/C49H52N2O2/c1-7-31-29-39(50)21-23-45(31)52-47-33(9-3)25-37(26-34(47)10-4)49(43-19-15-13-17-41(43)42-18-14-16-20-44(42)49)38-27-35(11-5)48(36(12-6)28-38)53-46-24-22-40(51)30-32(46)8-2/h13-30H,7-12,50-51H2,1-6H3. The lowest BCUT2D eigenvalue weighted by Crippen LogP contribution is -2.29. The maximum absolute atomic E-state index is 6.89. The van der Waals surface area contributed by atoms with Crippen LogP contribution in [0.25, 0.3) is 11.1 Å². The average Bonchev–Trinajstić information content (AvgIpc) is 3.50. The molecule has 0 bridgehead atoms. The van der Waals surface area contributed by atoms with E-state index < -0.39 is 5.41 Å². The van der Waals surface area contributed by atoms with Crippen LogP contribution in [-0.2, 0) is 43.9 Å². The highest BCUT2D eigenvalue weighted by Crippen LogP contribution is 2.57. The number of aryl methyl sites for hydroxylation is 6. The number of rotatable bonds is 12. The first-order chi connectivity index (χ1) is 25.8. The minimum absolute atomic E-state index is 0.558. The normalized spacial score (nSPS) is 12.7. The second-order valence-electron chi connectivity index (χ2n) is 14.1. The quantitative estimate of drug-likeness (QED) is 0.124. The van der Waals surface area contributed by atoms with Crippen molar-refractivity contribution in [2.24, 2.45) is 0 Å². The van der Waals surface area contributed by atoms with Crippen molar-refractivity contribution >= 4 is 11.4 Å². The molecular formula is C49H52N2O2. The highest BCUT2D eigenvalue weighted by Gasteiger charge is 2.47. The van der Waals surface area contributed by atoms with Crippen LogP contribution in [0.2, 0.25) is 0 Å². The van der Waals surface area contributed by atoms with Gasteiger partial charge in [-0.1, -0.05) is 114 Å². The monoisotopic (exact) mass is 700 g/mol. The smallest absolute Gasteiger partial charge is 0.133 e. The Balaban J connectivity index is 1.50. The first kappa shape index (κ1) is 35.9. The number of nitrogens with two attached hydrogens (primary N) is 2. The van der Waals surface area contributed by atoms with Gasteiger partial charge in [0.05, 0.1) is 5.41 Å². The van der Waals surface area contributed by atoms with Crippen LogP contribution >= 0.6 is 0 Å². The molecule has 0 radical (unpaired) electrons. The van der Waals surface area contributed by atoms with Gasteiger partial charge in [-0.25, -0.2) is 0 Å². The maximum Gasteiger partial charge on any atom is 0.133 e. The van der Waals surface area contributed by atoms with Gasteiger partial charge in [-0.2, -0.15) is 0 Å². The van der Waals surface area contributed by atoms with Crippen molar-refractivity contribution in [3.05, 3.63) is 165 Å². The fraction of sp³-hybridized carbons (Fsp3) is 0.265. The van der Waals surface area contributed by atoms with Crippen molar-refractivity contribution in [2.45, 2.75) is 85.5 Å². The third-order valence-corrected chi connectivity index (χ3v) is 11.2. The van der Waals surface area contributed by atoms with E-state index in [4.69, 9.17) is 20.9 Å². The molecule has 0 aliphatic heterocycles. The lowest BCUT2D eigenvalue weighted by atomic mass is 9.66. The fourth-order valence-electron chi connectivity index (χ4n) is 8.45. The topological polar surface area (TPSA) is 70.5 Å². The molecule has 0 aromatic heterocycles. The summed E-state index contributed by atoms with van der Waals surface area (Å²) in [6, 6.07) is 39.6. The van der Waals surface area contributed by atoms with E-state index in [1.54, 1.807) is 0 Å². The number of ether oxygens (including phenoxy) is 2. The van der Waals surface area contributed by atoms with Crippen molar-refractivity contribution in [2.75, 3.05) is 11.5 Å². The SMILES string of the molecule is CCc1cc(N)ccc1Oc1c(CC)cc(C2(c3cc(CC)c(Oc4ccc(N)cc4CC)c(CC)c3)c3ccccc3-c3ccccc32)cc1CC. The van der Waals surface area contributed by atoms with Crippen LogP contribution in [0, 0.1) is 0 Å². The predicted molar refractivity (Wildman–Crippen MR) is 222 cm³/mol. The summed E-state index contributed by atoms with van der Waals surface area (Å²) in [6.07, 6.45) is 5.02. The van der Waals surface area contributed by atoms with Crippen LogP contribution in [0.4, 0.5) is 11.4 Å². The number of anilines is 2. The van der Waals surface area contributed by atoms with Crippen LogP contribution in [0.5, 0.6) is 23.0 Å². The zero-order chi connectivity index (χ0) is 37.3. The molecule has 0 saturated carbocycles. The second kappa shape index (κ2) is 14.9. The van der Waals surface area contributed by atoms with Gasteiger partial charge in [-0.15, -0.1) is 0 Å². The Kier molecular flexibility index (Phi) is 10.1. The minimum atomic E-state index is -0.558. The molecule has 4 N–H and O–H groups in total. The lowest BCUT2D eigenvalue weighted by molar-refractivity contribution is 0.464. The molecule has 0 amide bonds. The summed E-state index contributed by atoms with van der Waals surface area (Å²) < 4.78 is 13.8. The van der Waals surface area contributed by atoms with Crippen LogP contribution in [0.1, 0.15) is 97.2 Å². The molecule has 0 saturated heterocycles. The number of nitrogen functional groups attached to an aromatic ring is 2. The van der Waals surface area contributed by atoms with E-state index in [0.717, 1.165) is 84.0 Å². The Morgan fingerprint density at radius 1 is 0.415 bits per heavy atom. The average molecular weight is 701 g/mol. The molecule has 6 aromatic rings. The van der Waals surface area contributed by atoms with Crippen molar-refractivity contribution in [3.8, 4) is 34.1 Å². The van der Waals surface area contributed by atoms with Crippen molar-refractivity contribution in [1.82, 2.24) is 0 Å². The number of hydrogen-bond donors (Lipinski definition) is 2. The van der Waals surface area contributed by atoms with E-state index >= 15 is 0 Å². The molecule has 0 spiro atoms. The maximum atomic E-state index is 6.89. The Labute approximate surface area is 315 Å². The van der Waals surface area contributed by atoms with Gasteiger partial charge in [0.2, 0.25) is 0 Å². The third kappa shape index (κ3) is 6.14. The molecular weight excluding hydrogens is 649 g/mol. The van der Waals surface area contributed by atoms with Gasteiger partial charge in [-0.05, 0) is 142 Å². The highest BCUT2D eigenvalue weighted by atomic mass is 16.5. The molecule has 6 aromatic carbocycles. The Morgan fingerprint density at radius 3 is 1.09 bits per heavy atom. The van der Waals surface area contributed by atoms with Gasteiger partial charge in [0.1, 0.15) is 23.0 Å². The molecule has 4 heteroatoms. The molecule has 1 aliphatic rings. The lowest BCUT2D eigenvalue weighted by Gasteiger charge is -2.36. The van der Waals surface area contributed by atoms with Gasteiger partial charge in [0.15, 0.2) is 0 Å². The van der Waals surface area contributed by atoms with Gasteiger partial charge in [0.25, 0.3) is 0 Å². The Bertz CT molecular complexity index is 2090. The summed E-state index contributed by atoms with van der Waals surface area (Å²) in [7, 11) is 0. The van der Waals surface area contributed by atoms with Crippen molar-refractivity contribution in [3.63, 3.8) is 0 Å². The molecule has 0 heterocycles. The van der Waals surface area contributed by atoms with Crippen molar-refractivity contribution in [1.29, 1.82) is 0 Å². The molecule has 0 fully saturated rings. The third-order valence-electron chi connectivity index (χ3n) is 11.2. The highest BCUT2D eigenvalue weighted by molar-refractivity contribution is 5.86. The van der Waals surface area contributed by atoms with Crippen LogP contribution in [0.3, 0.4) is 0 Å². The van der Waals surface area contributed by atoms with Gasteiger partial charge in [-0.3, -0.25) is 0 Å². The molecule has 4 nitrogen and oxygen atoms in total. The van der Waals surface area contributed by atoms with E-state index in [2.05, 4.69) is 114 Å². The summed E-state index contributed by atoms with van der Waals surface area (Å²) in [5.41, 5.74) is 28.0. The van der Waals surface area contributed by atoms with Crippen LogP contribution in [-0.4, -0.2) is 0 Å². The molecule has 7 rings (SSSR count). The Hall–Kier alpha value is -5.48. The van der Waals surface area contributed by atoms with Gasteiger partial charge in [0, 0.05) is 11.4 Å². The molecule has 1 aliphatic carbocycles. The number of hydrogen-bond acceptors (Lipinski definition) is 4. The predicted octanol–water partition coefficient (Wildman–Crippen LogP) is 12.2. The van der Waals surface area contributed by atoms with E-state index in [1.165, 1.54) is 55.6 Å². The Morgan fingerprint density at radius 2 is 0.755 bits per heavy atom. The van der Waals surface area contributed by atoms with Crippen molar-refractivity contribution < 1.29 is 9.47 Å². The number of fused-ring (bicyclic) bond motifs is 3. The summed E-state index contributed by atoms with van der Waals surface area (Å²) in [6.45, 7) is 13.2. The van der Waals surface area contributed by atoms with E-state index in [9.17, 15) is 0 Å². The largest absolute Gasteiger partial charge is 0.457 e. The minimum Gasteiger partial charge on any atom is -0.457 e. The van der Waals surface area contributed by atoms with Gasteiger partial charge < -0.3 is 20.9 Å². The van der Waals surface area contributed by atoms with E-state index in [0.29, 0.717) is 0 Å².